The van der Waals surface area contributed by atoms with Crippen LogP contribution in [0.15, 0.2) is 42.5 Å². The van der Waals surface area contributed by atoms with Gasteiger partial charge in [0.05, 0.1) is 22.8 Å². The van der Waals surface area contributed by atoms with Gasteiger partial charge in [0.25, 0.3) is 0 Å². The molecule has 2 rings (SSSR count). The first-order valence-electron chi connectivity index (χ1n) is 6.77. The van der Waals surface area contributed by atoms with Crippen molar-refractivity contribution >= 4 is 17.3 Å². The highest BCUT2D eigenvalue weighted by molar-refractivity contribution is 6.32. The van der Waals surface area contributed by atoms with Crippen molar-refractivity contribution in [2.75, 3.05) is 5.32 Å². The molecule has 0 aromatic heterocycles. The van der Waals surface area contributed by atoms with Crippen LogP contribution in [0.1, 0.15) is 25.0 Å². The Bertz CT molecular complexity index is 645. The van der Waals surface area contributed by atoms with E-state index in [0.29, 0.717) is 22.9 Å². The van der Waals surface area contributed by atoms with Gasteiger partial charge in [-0.2, -0.15) is 5.26 Å². The Balaban J connectivity index is 2.00. The van der Waals surface area contributed by atoms with E-state index in [0.717, 1.165) is 11.3 Å². The molecule has 0 bridgehead atoms. The summed E-state index contributed by atoms with van der Waals surface area (Å²) in [6, 6.07) is 15.2. The van der Waals surface area contributed by atoms with Gasteiger partial charge >= 0.3 is 0 Å². The van der Waals surface area contributed by atoms with Crippen LogP contribution in [0.4, 0.5) is 5.69 Å². The number of nitrogens with zero attached hydrogens (tertiary/aromatic N) is 1. The molecule has 4 heteroatoms. The molecule has 0 spiro atoms. The number of halogens is 1. The minimum Gasteiger partial charge on any atom is -0.489 e. The van der Waals surface area contributed by atoms with E-state index in [9.17, 15) is 0 Å². The van der Waals surface area contributed by atoms with E-state index in [4.69, 9.17) is 21.6 Å². The zero-order chi connectivity index (χ0) is 15.2. The second-order valence-electron chi connectivity index (χ2n) is 4.97. The Morgan fingerprint density at radius 2 is 1.90 bits per heavy atom. The maximum absolute atomic E-state index is 8.76. The molecule has 108 valence electrons. The molecule has 0 atom stereocenters. The lowest BCUT2D eigenvalue weighted by Crippen LogP contribution is -2.06. The van der Waals surface area contributed by atoms with Gasteiger partial charge in [-0.3, -0.25) is 0 Å². The highest BCUT2D eigenvalue weighted by Gasteiger charge is 2.05. The van der Waals surface area contributed by atoms with Gasteiger partial charge in [0.1, 0.15) is 5.75 Å². The van der Waals surface area contributed by atoms with Gasteiger partial charge in [0.15, 0.2) is 0 Å². The number of nitrogens with one attached hydrogen (secondary N) is 1. The smallest absolute Gasteiger partial charge is 0.138 e. The number of benzene rings is 2. The number of hydrogen-bond donors (Lipinski definition) is 1. The summed E-state index contributed by atoms with van der Waals surface area (Å²) < 4.78 is 5.60. The van der Waals surface area contributed by atoms with Crippen molar-refractivity contribution in [3.8, 4) is 11.8 Å². The second kappa shape index (κ2) is 7.01. The minimum absolute atomic E-state index is 0.0972. The molecule has 2 aromatic carbocycles. The van der Waals surface area contributed by atoms with Crippen LogP contribution < -0.4 is 10.1 Å². The molecule has 0 aliphatic carbocycles. The Morgan fingerprint density at radius 3 is 2.48 bits per heavy atom. The van der Waals surface area contributed by atoms with Crippen LogP contribution in [0.25, 0.3) is 0 Å². The fraction of sp³-hybridized carbons (Fsp3) is 0.235. The van der Waals surface area contributed by atoms with Gasteiger partial charge in [0, 0.05) is 12.2 Å². The van der Waals surface area contributed by atoms with E-state index in [1.54, 1.807) is 0 Å². The summed E-state index contributed by atoms with van der Waals surface area (Å²) in [7, 11) is 0. The second-order valence-corrected chi connectivity index (χ2v) is 5.38. The topological polar surface area (TPSA) is 45.0 Å². The van der Waals surface area contributed by atoms with Crippen LogP contribution in [-0.2, 0) is 6.54 Å². The predicted octanol–water partition coefficient (Wildman–Crippen LogP) is 4.61. The van der Waals surface area contributed by atoms with Crippen molar-refractivity contribution in [1.29, 1.82) is 5.26 Å². The first-order chi connectivity index (χ1) is 10.1. The quantitative estimate of drug-likeness (QED) is 0.877. The summed E-state index contributed by atoms with van der Waals surface area (Å²) in [6.45, 7) is 4.60. The van der Waals surface area contributed by atoms with Crippen LogP contribution in [0.3, 0.4) is 0 Å². The molecule has 1 N–H and O–H groups in total. The molecule has 0 aliphatic rings. The summed E-state index contributed by atoms with van der Waals surface area (Å²) in [5.41, 5.74) is 2.70. The lowest BCUT2D eigenvalue weighted by molar-refractivity contribution is 0.242. The van der Waals surface area contributed by atoms with Crippen molar-refractivity contribution in [3.63, 3.8) is 0 Å². The maximum Gasteiger partial charge on any atom is 0.138 e. The Morgan fingerprint density at radius 1 is 1.19 bits per heavy atom. The number of hydrogen-bond acceptors (Lipinski definition) is 3. The summed E-state index contributed by atoms with van der Waals surface area (Å²) in [5.74, 6) is 0.690. The lowest BCUT2D eigenvalue weighted by Gasteiger charge is -2.13. The Labute approximate surface area is 130 Å². The van der Waals surface area contributed by atoms with E-state index < -0.39 is 0 Å². The fourth-order valence-electron chi connectivity index (χ4n) is 1.86. The van der Waals surface area contributed by atoms with Crippen molar-refractivity contribution in [1.82, 2.24) is 0 Å². The Hall–Kier alpha value is -2.18. The van der Waals surface area contributed by atoms with Crippen molar-refractivity contribution < 1.29 is 4.74 Å². The normalized spacial score (nSPS) is 10.2. The molecule has 0 aliphatic heterocycles. The third kappa shape index (κ3) is 4.40. The van der Waals surface area contributed by atoms with Crippen LogP contribution in [0, 0.1) is 11.3 Å². The van der Waals surface area contributed by atoms with Crippen LogP contribution in [-0.4, -0.2) is 6.10 Å². The Kier molecular flexibility index (Phi) is 5.08. The van der Waals surface area contributed by atoms with E-state index in [2.05, 4.69) is 11.4 Å². The molecular weight excluding hydrogens is 284 g/mol. The van der Waals surface area contributed by atoms with Gasteiger partial charge in [0.2, 0.25) is 0 Å². The minimum atomic E-state index is 0.0972. The summed E-state index contributed by atoms with van der Waals surface area (Å²) in [6.07, 6.45) is 0.0972. The summed E-state index contributed by atoms with van der Waals surface area (Å²) >= 11 is 6.19. The standard InChI is InChI=1S/C17H17ClN2O/c1-12(2)21-17-8-7-15(9-16(17)18)20-11-14-5-3-13(10-19)4-6-14/h3-9,12,20H,11H2,1-2H3. The SMILES string of the molecule is CC(C)Oc1ccc(NCc2ccc(C#N)cc2)cc1Cl. The van der Waals surface area contributed by atoms with E-state index >= 15 is 0 Å². The van der Waals surface area contributed by atoms with Crippen molar-refractivity contribution in [3.05, 3.63) is 58.6 Å². The molecule has 3 nitrogen and oxygen atoms in total. The largest absolute Gasteiger partial charge is 0.489 e. The van der Waals surface area contributed by atoms with Crippen LogP contribution in [0.2, 0.25) is 5.02 Å². The van der Waals surface area contributed by atoms with Crippen LogP contribution in [0.5, 0.6) is 5.75 Å². The molecular formula is C17H17ClN2O. The number of ether oxygens (including phenoxy) is 1. The van der Waals surface area contributed by atoms with E-state index in [1.807, 2.05) is 56.3 Å². The zero-order valence-corrected chi connectivity index (χ0v) is 12.8. The molecule has 0 saturated carbocycles. The van der Waals surface area contributed by atoms with Gasteiger partial charge in [-0.25, -0.2) is 0 Å². The molecule has 0 radical (unpaired) electrons. The van der Waals surface area contributed by atoms with Crippen LogP contribution >= 0.6 is 11.6 Å². The molecule has 0 heterocycles. The third-order valence-electron chi connectivity index (χ3n) is 2.87. The monoisotopic (exact) mass is 300 g/mol. The van der Waals surface area contributed by atoms with E-state index in [1.165, 1.54) is 0 Å². The number of anilines is 1. The lowest BCUT2D eigenvalue weighted by atomic mass is 10.1. The first kappa shape index (κ1) is 15.2. The van der Waals surface area contributed by atoms with E-state index in [-0.39, 0.29) is 6.10 Å². The fourth-order valence-corrected chi connectivity index (χ4v) is 2.09. The average Bonchev–Trinajstić information content (AvgIpc) is 2.48. The van der Waals surface area contributed by atoms with Gasteiger partial charge < -0.3 is 10.1 Å². The zero-order valence-electron chi connectivity index (χ0n) is 12.1. The van der Waals surface area contributed by atoms with Gasteiger partial charge in [-0.15, -0.1) is 0 Å². The predicted molar refractivity (Wildman–Crippen MR) is 85.7 cm³/mol. The first-order valence-corrected chi connectivity index (χ1v) is 7.15. The van der Waals surface area contributed by atoms with Crippen molar-refractivity contribution in [2.24, 2.45) is 0 Å². The van der Waals surface area contributed by atoms with Gasteiger partial charge in [-0.1, -0.05) is 23.7 Å². The maximum atomic E-state index is 8.76. The summed E-state index contributed by atoms with van der Waals surface area (Å²) in [4.78, 5) is 0. The molecule has 0 saturated heterocycles. The average molecular weight is 301 g/mol. The summed E-state index contributed by atoms with van der Waals surface area (Å²) in [5, 5.41) is 12.7. The van der Waals surface area contributed by atoms with Crippen molar-refractivity contribution in [2.45, 2.75) is 26.5 Å². The highest BCUT2D eigenvalue weighted by Crippen LogP contribution is 2.28. The molecule has 0 unspecified atom stereocenters. The van der Waals surface area contributed by atoms with Gasteiger partial charge in [-0.05, 0) is 49.7 Å². The highest BCUT2D eigenvalue weighted by atomic mass is 35.5. The molecule has 0 amide bonds. The molecule has 2 aromatic rings. The molecule has 21 heavy (non-hydrogen) atoms. The number of rotatable bonds is 5. The number of nitriles is 1. The molecule has 0 fully saturated rings. The third-order valence-corrected chi connectivity index (χ3v) is 3.17.